The molecule has 1 atom stereocenters. The zero-order valence-electron chi connectivity index (χ0n) is 11.0. The third kappa shape index (κ3) is 2.78. The molecule has 1 aliphatic heterocycles. The third-order valence-corrected chi connectivity index (χ3v) is 4.58. The van der Waals surface area contributed by atoms with Gasteiger partial charge in [-0.1, -0.05) is 19.3 Å². The van der Waals surface area contributed by atoms with Gasteiger partial charge in [0.2, 0.25) is 0 Å². The van der Waals surface area contributed by atoms with Crippen LogP contribution in [0.3, 0.4) is 0 Å². The van der Waals surface area contributed by atoms with Crippen LogP contribution in [0.1, 0.15) is 65.2 Å². The van der Waals surface area contributed by atoms with Crippen molar-refractivity contribution in [2.75, 3.05) is 6.54 Å². The van der Waals surface area contributed by atoms with E-state index >= 15 is 0 Å². The van der Waals surface area contributed by atoms with Gasteiger partial charge in [0.1, 0.15) is 0 Å². The molecule has 0 amide bonds. The molecule has 2 fully saturated rings. The number of hydrogen-bond acceptors (Lipinski definition) is 2. The Morgan fingerprint density at radius 3 is 2.50 bits per heavy atom. The fourth-order valence-electron chi connectivity index (χ4n) is 3.69. The van der Waals surface area contributed by atoms with Crippen LogP contribution in [0.15, 0.2) is 0 Å². The second-order valence-electron chi connectivity index (χ2n) is 6.25. The molecule has 1 unspecified atom stereocenters. The molecular weight excluding hydrogens is 196 g/mol. The summed E-state index contributed by atoms with van der Waals surface area (Å²) in [5.41, 5.74) is 6.74. The molecule has 2 N–H and O–H groups in total. The summed E-state index contributed by atoms with van der Waals surface area (Å²) in [5, 5.41) is 0. The summed E-state index contributed by atoms with van der Waals surface area (Å²) >= 11 is 0. The summed E-state index contributed by atoms with van der Waals surface area (Å²) in [5.74, 6) is 0. The molecule has 1 saturated heterocycles. The van der Waals surface area contributed by atoms with Crippen LogP contribution in [0.5, 0.6) is 0 Å². The number of nitrogens with two attached hydrogens (primary N) is 1. The first-order valence-electron chi connectivity index (χ1n) is 7.15. The molecule has 0 radical (unpaired) electrons. The highest BCUT2D eigenvalue weighted by molar-refractivity contribution is 4.94. The minimum absolute atomic E-state index is 0.167. The highest BCUT2D eigenvalue weighted by Crippen LogP contribution is 2.34. The van der Waals surface area contributed by atoms with E-state index in [1.165, 1.54) is 57.9 Å². The third-order valence-electron chi connectivity index (χ3n) is 4.58. The Balaban J connectivity index is 1.92. The molecule has 1 aliphatic carbocycles. The van der Waals surface area contributed by atoms with Gasteiger partial charge in [-0.2, -0.15) is 0 Å². The Kier molecular flexibility index (Phi) is 3.91. The summed E-state index contributed by atoms with van der Waals surface area (Å²) in [4.78, 5) is 2.67. The van der Waals surface area contributed by atoms with Crippen molar-refractivity contribution in [3.05, 3.63) is 0 Å². The first kappa shape index (κ1) is 12.4. The van der Waals surface area contributed by atoms with Crippen molar-refractivity contribution in [3.63, 3.8) is 0 Å². The molecule has 0 spiro atoms. The quantitative estimate of drug-likeness (QED) is 0.798. The van der Waals surface area contributed by atoms with Crippen LogP contribution in [0.2, 0.25) is 0 Å². The molecule has 2 rings (SSSR count). The zero-order chi connectivity index (χ0) is 11.6. The SMILES string of the molecule is CC(C)N1CCCC1CC1(N)CCCCC1. The monoisotopic (exact) mass is 224 g/mol. The Bertz CT molecular complexity index is 219. The zero-order valence-corrected chi connectivity index (χ0v) is 11.0. The maximum atomic E-state index is 6.57. The predicted octanol–water partition coefficient (Wildman–Crippen LogP) is 2.91. The lowest BCUT2D eigenvalue weighted by atomic mass is 9.78. The minimum atomic E-state index is 0.167. The maximum Gasteiger partial charge on any atom is 0.0169 e. The lowest BCUT2D eigenvalue weighted by Gasteiger charge is -2.39. The topological polar surface area (TPSA) is 29.3 Å². The Morgan fingerprint density at radius 1 is 1.19 bits per heavy atom. The molecule has 1 saturated carbocycles. The first-order valence-corrected chi connectivity index (χ1v) is 7.15. The molecule has 0 aromatic heterocycles. The van der Waals surface area contributed by atoms with Gasteiger partial charge >= 0.3 is 0 Å². The van der Waals surface area contributed by atoms with E-state index in [0.717, 1.165) is 6.04 Å². The van der Waals surface area contributed by atoms with Crippen LogP contribution in [-0.2, 0) is 0 Å². The van der Waals surface area contributed by atoms with Crippen molar-refractivity contribution in [2.45, 2.75) is 82.8 Å². The van der Waals surface area contributed by atoms with Crippen LogP contribution in [0.4, 0.5) is 0 Å². The number of nitrogens with zero attached hydrogens (tertiary/aromatic N) is 1. The molecule has 94 valence electrons. The summed E-state index contributed by atoms with van der Waals surface area (Å²) in [6, 6.07) is 1.46. The van der Waals surface area contributed by atoms with E-state index in [1.807, 2.05) is 0 Å². The van der Waals surface area contributed by atoms with Crippen molar-refractivity contribution in [1.82, 2.24) is 4.90 Å². The smallest absolute Gasteiger partial charge is 0.0169 e. The number of hydrogen-bond donors (Lipinski definition) is 1. The van der Waals surface area contributed by atoms with Crippen molar-refractivity contribution in [2.24, 2.45) is 5.73 Å². The average Bonchev–Trinajstić information content (AvgIpc) is 2.66. The standard InChI is InChI=1S/C14H28N2/c1-12(2)16-10-6-7-13(16)11-14(15)8-4-3-5-9-14/h12-13H,3-11,15H2,1-2H3. The first-order chi connectivity index (χ1) is 7.61. The van der Waals surface area contributed by atoms with Crippen molar-refractivity contribution < 1.29 is 0 Å². The van der Waals surface area contributed by atoms with Crippen LogP contribution < -0.4 is 5.73 Å². The van der Waals surface area contributed by atoms with E-state index in [4.69, 9.17) is 5.73 Å². The number of rotatable bonds is 3. The van der Waals surface area contributed by atoms with E-state index in [1.54, 1.807) is 0 Å². The molecule has 0 aromatic rings. The van der Waals surface area contributed by atoms with E-state index in [9.17, 15) is 0 Å². The summed E-state index contributed by atoms with van der Waals surface area (Å²) < 4.78 is 0. The lowest BCUT2D eigenvalue weighted by Crippen LogP contribution is -2.48. The molecule has 2 nitrogen and oxygen atoms in total. The molecule has 0 bridgehead atoms. The normalized spacial score (nSPS) is 31.1. The van der Waals surface area contributed by atoms with Gasteiger partial charge in [0.15, 0.2) is 0 Å². The molecule has 16 heavy (non-hydrogen) atoms. The van der Waals surface area contributed by atoms with Gasteiger partial charge in [-0.3, -0.25) is 4.90 Å². The Morgan fingerprint density at radius 2 is 1.88 bits per heavy atom. The number of likely N-dealkylation sites (tertiary alicyclic amines) is 1. The van der Waals surface area contributed by atoms with Crippen LogP contribution in [-0.4, -0.2) is 29.1 Å². The fraction of sp³-hybridized carbons (Fsp3) is 1.00. The second kappa shape index (κ2) is 5.05. The van der Waals surface area contributed by atoms with Gasteiger partial charge in [0.05, 0.1) is 0 Å². The van der Waals surface area contributed by atoms with E-state index in [2.05, 4.69) is 18.7 Å². The van der Waals surface area contributed by atoms with Crippen molar-refractivity contribution in [1.29, 1.82) is 0 Å². The maximum absolute atomic E-state index is 6.57. The molecular formula is C14H28N2. The van der Waals surface area contributed by atoms with E-state index in [0.29, 0.717) is 6.04 Å². The van der Waals surface area contributed by atoms with Gasteiger partial charge in [-0.25, -0.2) is 0 Å². The van der Waals surface area contributed by atoms with Crippen LogP contribution >= 0.6 is 0 Å². The van der Waals surface area contributed by atoms with Crippen molar-refractivity contribution >= 4 is 0 Å². The minimum Gasteiger partial charge on any atom is -0.325 e. The van der Waals surface area contributed by atoms with Crippen LogP contribution in [0, 0.1) is 0 Å². The van der Waals surface area contributed by atoms with Gasteiger partial charge in [0.25, 0.3) is 0 Å². The highest BCUT2D eigenvalue weighted by Gasteiger charge is 2.35. The molecule has 2 aliphatic rings. The largest absolute Gasteiger partial charge is 0.325 e. The van der Waals surface area contributed by atoms with E-state index < -0.39 is 0 Å². The summed E-state index contributed by atoms with van der Waals surface area (Å²) in [6.45, 7) is 5.93. The molecule has 0 aromatic carbocycles. The van der Waals surface area contributed by atoms with Gasteiger partial charge in [-0.15, -0.1) is 0 Å². The highest BCUT2D eigenvalue weighted by atomic mass is 15.2. The second-order valence-corrected chi connectivity index (χ2v) is 6.25. The van der Waals surface area contributed by atoms with Gasteiger partial charge in [0, 0.05) is 17.6 Å². The van der Waals surface area contributed by atoms with Gasteiger partial charge < -0.3 is 5.73 Å². The van der Waals surface area contributed by atoms with E-state index in [-0.39, 0.29) is 5.54 Å². The molecule has 2 heteroatoms. The summed E-state index contributed by atoms with van der Waals surface area (Å²) in [6.07, 6.45) is 10.6. The lowest BCUT2D eigenvalue weighted by molar-refractivity contribution is 0.149. The average molecular weight is 224 g/mol. The van der Waals surface area contributed by atoms with Gasteiger partial charge in [-0.05, 0) is 52.5 Å². The summed E-state index contributed by atoms with van der Waals surface area (Å²) in [7, 11) is 0. The fourth-order valence-corrected chi connectivity index (χ4v) is 3.69. The Labute approximate surface area is 101 Å². The molecule has 1 heterocycles. The van der Waals surface area contributed by atoms with Crippen molar-refractivity contribution in [3.8, 4) is 0 Å². The Hall–Kier alpha value is -0.0800. The predicted molar refractivity (Wildman–Crippen MR) is 69.5 cm³/mol. The van der Waals surface area contributed by atoms with Crippen LogP contribution in [0.25, 0.3) is 0 Å².